The Hall–Kier alpha value is -1.99. The highest BCUT2D eigenvalue weighted by molar-refractivity contribution is 7.17. The van der Waals surface area contributed by atoms with Crippen LogP contribution in [0.5, 0.6) is 5.88 Å². The number of halogens is 1. The average Bonchev–Trinajstić information content (AvgIpc) is 3.16. The summed E-state index contributed by atoms with van der Waals surface area (Å²) < 4.78 is 18.5. The first kappa shape index (κ1) is 14.0. The molecule has 0 unspecified atom stereocenters. The second kappa shape index (κ2) is 5.79. The largest absolute Gasteiger partial charge is 0.480 e. The molecule has 1 aliphatic rings. The zero-order valence-corrected chi connectivity index (χ0v) is 12.2. The maximum atomic E-state index is 13.3. The Morgan fingerprint density at radius 3 is 3.05 bits per heavy atom. The van der Waals surface area contributed by atoms with Crippen LogP contribution in [0.1, 0.15) is 16.1 Å². The van der Waals surface area contributed by atoms with E-state index in [9.17, 15) is 9.18 Å². The summed E-state index contributed by atoms with van der Waals surface area (Å²) in [6.07, 6.45) is 0.809. The van der Waals surface area contributed by atoms with E-state index in [0.29, 0.717) is 28.6 Å². The number of hydroxylamine groups is 2. The Kier molecular flexibility index (Phi) is 3.85. The van der Waals surface area contributed by atoms with Gasteiger partial charge in [0.05, 0.1) is 20.3 Å². The van der Waals surface area contributed by atoms with E-state index in [4.69, 9.17) is 9.57 Å². The first-order valence-electron chi connectivity index (χ1n) is 6.44. The van der Waals surface area contributed by atoms with Gasteiger partial charge in [-0.15, -0.1) is 11.3 Å². The summed E-state index contributed by atoms with van der Waals surface area (Å²) in [6, 6.07) is 6.07. The topological polar surface area (TPSA) is 51.7 Å². The number of methoxy groups -OCH3 is 1. The van der Waals surface area contributed by atoms with Crippen LogP contribution in [0.3, 0.4) is 0 Å². The van der Waals surface area contributed by atoms with E-state index < -0.39 is 0 Å². The Bertz CT molecular complexity index is 668. The SMILES string of the molecule is COc1nc(-c2cccc(F)c2)sc1C(=O)N1CCCO1. The standard InChI is InChI=1S/C14H13FN2O3S/c1-19-12-11(14(18)17-6-3-7-20-17)21-13(16-12)9-4-2-5-10(15)8-9/h2,4-5,8H,3,6-7H2,1H3. The summed E-state index contributed by atoms with van der Waals surface area (Å²) in [5, 5.41) is 1.85. The lowest BCUT2D eigenvalue weighted by atomic mass is 10.2. The molecule has 1 aliphatic heterocycles. The van der Waals surface area contributed by atoms with E-state index in [1.54, 1.807) is 12.1 Å². The molecule has 1 fully saturated rings. The van der Waals surface area contributed by atoms with E-state index in [1.165, 1.54) is 35.6 Å². The third-order valence-electron chi connectivity index (χ3n) is 3.03. The van der Waals surface area contributed by atoms with Crippen molar-refractivity contribution < 1.29 is 18.8 Å². The lowest BCUT2D eigenvalue weighted by molar-refractivity contribution is -0.0766. The minimum atomic E-state index is -0.350. The van der Waals surface area contributed by atoms with Gasteiger partial charge in [-0.1, -0.05) is 12.1 Å². The molecule has 7 heteroatoms. The van der Waals surface area contributed by atoms with Crippen LogP contribution >= 0.6 is 11.3 Å². The molecule has 3 rings (SSSR count). The fourth-order valence-electron chi connectivity index (χ4n) is 2.05. The van der Waals surface area contributed by atoms with E-state index >= 15 is 0 Å². The van der Waals surface area contributed by atoms with Crippen molar-refractivity contribution in [3.05, 3.63) is 35.0 Å². The van der Waals surface area contributed by atoms with Gasteiger partial charge in [-0.2, -0.15) is 0 Å². The predicted octanol–water partition coefficient (Wildman–Crippen LogP) is 2.74. The van der Waals surface area contributed by atoms with Crippen molar-refractivity contribution in [2.75, 3.05) is 20.3 Å². The molecule has 0 spiro atoms. The summed E-state index contributed by atoms with van der Waals surface area (Å²) in [5.74, 6) is -0.387. The average molecular weight is 308 g/mol. The van der Waals surface area contributed by atoms with Crippen molar-refractivity contribution in [3.8, 4) is 16.5 Å². The number of carbonyl (C=O) groups is 1. The van der Waals surface area contributed by atoms with Gasteiger partial charge in [0.25, 0.3) is 5.91 Å². The number of hydrogen-bond acceptors (Lipinski definition) is 5. The van der Waals surface area contributed by atoms with Gasteiger partial charge in [0, 0.05) is 5.56 Å². The highest BCUT2D eigenvalue weighted by Gasteiger charge is 2.27. The van der Waals surface area contributed by atoms with Gasteiger partial charge in [-0.05, 0) is 18.6 Å². The van der Waals surface area contributed by atoms with Crippen molar-refractivity contribution in [3.63, 3.8) is 0 Å². The quantitative estimate of drug-likeness (QED) is 0.875. The molecule has 0 bridgehead atoms. The van der Waals surface area contributed by atoms with Gasteiger partial charge < -0.3 is 4.74 Å². The normalized spacial score (nSPS) is 14.5. The lowest BCUT2D eigenvalue weighted by Gasteiger charge is -2.12. The Balaban J connectivity index is 1.96. The molecule has 0 saturated carbocycles. The zero-order chi connectivity index (χ0) is 14.8. The van der Waals surface area contributed by atoms with E-state index in [2.05, 4.69) is 4.98 Å². The number of benzene rings is 1. The molecule has 1 aromatic heterocycles. The minimum Gasteiger partial charge on any atom is -0.480 e. The van der Waals surface area contributed by atoms with E-state index in [-0.39, 0.29) is 17.6 Å². The summed E-state index contributed by atoms with van der Waals surface area (Å²) >= 11 is 1.17. The highest BCUT2D eigenvalue weighted by atomic mass is 32.1. The van der Waals surface area contributed by atoms with Gasteiger partial charge in [-0.3, -0.25) is 9.63 Å². The molecule has 110 valence electrons. The maximum Gasteiger partial charge on any atom is 0.293 e. The maximum absolute atomic E-state index is 13.3. The molecule has 1 amide bonds. The Morgan fingerprint density at radius 2 is 2.38 bits per heavy atom. The molecule has 0 N–H and O–H groups in total. The monoisotopic (exact) mass is 308 g/mol. The smallest absolute Gasteiger partial charge is 0.293 e. The number of hydrogen-bond donors (Lipinski definition) is 0. The summed E-state index contributed by atoms with van der Waals surface area (Å²) in [4.78, 5) is 22.2. The first-order valence-corrected chi connectivity index (χ1v) is 7.26. The van der Waals surface area contributed by atoms with Crippen molar-refractivity contribution >= 4 is 17.2 Å². The number of carbonyl (C=O) groups excluding carboxylic acids is 1. The molecule has 0 radical (unpaired) electrons. The molecule has 2 heterocycles. The van der Waals surface area contributed by atoms with Crippen LogP contribution in [-0.4, -0.2) is 36.2 Å². The van der Waals surface area contributed by atoms with Gasteiger partial charge in [0.1, 0.15) is 10.8 Å². The van der Waals surface area contributed by atoms with Gasteiger partial charge >= 0.3 is 0 Å². The van der Waals surface area contributed by atoms with Crippen LogP contribution in [-0.2, 0) is 4.84 Å². The number of thiazole rings is 1. The molecule has 21 heavy (non-hydrogen) atoms. The highest BCUT2D eigenvalue weighted by Crippen LogP contribution is 2.34. The third-order valence-corrected chi connectivity index (χ3v) is 4.11. The third kappa shape index (κ3) is 2.74. The van der Waals surface area contributed by atoms with Crippen LogP contribution in [0.4, 0.5) is 4.39 Å². The zero-order valence-electron chi connectivity index (χ0n) is 11.3. The fraction of sp³-hybridized carbons (Fsp3) is 0.286. The Morgan fingerprint density at radius 1 is 1.52 bits per heavy atom. The minimum absolute atomic E-state index is 0.236. The molecule has 2 aromatic rings. The number of rotatable bonds is 3. The van der Waals surface area contributed by atoms with Crippen molar-refractivity contribution in [1.82, 2.24) is 10.0 Å². The van der Waals surface area contributed by atoms with Gasteiger partial charge in [0.15, 0.2) is 4.88 Å². The molecule has 1 saturated heterocycles. The number of nitrogens with zero attached hydrogens (tertiary/aromatic N) is 2. The molecule has 1 aromatic carbocycles. The van der Waals surface area contributed by atoms with E-state index in [0.717, 1.165) is 6.42 Å². The fourth-order valence-corrected chi connectivity index (χ4v) is 3.02. The lowest BCUT2D eigenvalue weighted by Crippen LogP contribution is -2.26. The van der Waals surface area contributed by atoms with Crippen molar-refractivity contribution in [2.45, 2.75) is 6.42 Å². The number of ether oxygens (including phenoxy) is 1. The van der Waals surface area contributed by atoms with Crippen LogP contribution in [0.25, 0.3) is 10.6 Å². The van der Waals surface area contributed by atoms with Crippen LogP contribution < -0.4 is 4.74 Å². The summed E-state index contributed by atoms with van der Waals surface area (Å²) in [6.45, 7) is 1.08. The first-order chi connectivity index (χ1) is 10.2. The van der Waals surface area contributed by atoms with Gasteiger partial charge in [0.2, 0.25) is 5.88 Å². The predicted molar refractivity (Wildman–Crippen MR) is 75.7 cm³/mol. The second-order valence-electron chi connectivity index (χ2n) is 4.46. The van der Waals surface area contributed by atoms with Crippen LogP contribution in [0.2, 0.25) is 0 Å². The second-order valence-corrected chi connectivity index (χ2v) is 5.46. The molecular formula is C14H13FN2O3S. The van der Waals surface area contributed by atoms with Gasteiger partial charge in [-0.25, -0.2) is 14.4 Å². The van der Waals surface area contributed by atoms with Crippen LogP contribution in [0, 0.1) is 5.82 Å². The number of amides is 1. The van der Waals surface area contributed by atoms with E-state index in [1.807, 2.05) is 0 Å². The molecule has 0 aliphatic carbocycles. The van der Waals surface area contributed by atoms with Crippen LogP contribution in [0.15, 0.2) is 24.3 Å². The Labute approximate surface area is 124 Å². The molecule has 5 nitrogen and oxygen atoms in total. The summed E-state index contributed by atoms with van der Waals surface area (Å²) in [7, 11) is 1.45. The molecule has 0 atom stereocenters. The molecular weight excluding hydrogens is 295 g/mol. The summed E-state index contributed by atoms with van der Waals surface area (Å²) in [5.41, 5.74) is 0.611. The van der Waals surface area contributed by atoms with Crippen molar-refractivity contribution in [1.29, 1.82) is 0 Å². The number of aromatic nitrogens is 1. The van der Waals surface area contributed by atoms with Crippen molar-refractivity contribution in [2.24, 2.45) is 0 Å².